The molecule has 0 aromatic heterocycles. The number of nitriles is 1. The van der Waals surface area contributed by atoms with E-state index in [1.165, 1.54) is 0 Å². The largest absolute Gasteiger partial charge is 0.381 e. The molecule has 2 rings (SSSR count). The van der Waals surface area contributed by atoms with Gasteiger partial charge in [-0.2, -0.15) is 5.26 Å². The quantitative estimate of drug-likeness (QED) is 0.751. The molecule has 1 saturated heterocycles. The van der Waals surface area contributed by atoms with Crippen molar-refractivity contribution in [2.45, 2.75) is 18.4 Å². The van der Waals surface area contributed by atoms with E-state index in [1.54, 1.807) is 0 Å². The van der Waals surface area contributed by atoms with Crippen molar-refractivity contribution >= 4 is 0 Å². The number of rotatable bonds is 1. The van der Waals surface area contributed by atoms with Crippen LogP contribution in [0.4, 0.5) is 0 Å². The number of hydrogen-bond acceptors (Lipinski definition) is 3. The summed E-state index contributed by atoms with van der Waals surface area (Å²) in [7, 11) is 0. The Labute approximate surface area is 89.5 Å². The minimum atomic E-state index is -0.272. The van der Waals surface area contributed by atoms with Crippen molar-refractivity contribution in [3.63, 3.8) is 0 Å². The molecular formula is C12H14N2O. The number of ether oxygens (including phenoxy) is 1. The van der Waals surface area contributed by atoms with Crippen LogP contribution >= 0.6 is 0 Å². The third kappa shape index (κ3) is 2.01. The fourth-order valence-electron chi connectivity index (χ4n) is 1.90. The van der Waals surface area contributed by atoms with E-state index in [2.05, 4.69) is 6.07 Å². The van der Waals surface area contributed by atoms with Gasteiger partial charge in [0.05, 0.1) is 11.6 Å². The Morgan fingerprint density at radius 3 is 2.33 bits per heavy atom. The summed E-state index contributed by atoms with van der Waals surface area (Å²) < 4.78 is 5.30. The van der Waals surface area contributed by atoms with Gasteiger partial charge in [-0.3, -0.25) is 0 Å². The molecule has 3 heteroatoms. The highest BCUT2D eigenvalue weighted by molar-refractivity contribution is 5.34. The minimum absolute atomic E-state index is 0.272. The molecule has 0 atom stereocenters. The van der Waals surface area contributed by atoms with Gasteiger partial charge in [0.25, 0.3) is 0 Å². The summed E-state index contributed by atoms with van der Waals surface area (Å²) in [6, 6.07) is 9.64. The fourth-order valence-corrected chi connectivity index (χ4v) is 1.90. The Kier molecular flexibility index (Phi) is 2.72. The highest BCUT2D eigenvalue weighted by Crippen LogP contribution is 2.29. The van der Waals surface area contributed by atoms with Gasteiger partial charge >= 0.3 is 0 Å². The highest BCUT2D eigenvalue weighted by atomic mass is 16.5. The van der Waals surface area contributed by atoms with Crippen LogP contribution in [0.3, 0.4) is 0 Å². The first-order chi connectivity index (χ1) is 7.24. The van der Waals surface area contributed by atoms with Crippen LogP contribution in [0.2, 0.25) is 0 Å². The van der Waals surface area contributed by atoms with Crippen LogP contribution in [0.15, 0.2) is 24.3 Å². The average molecular weight is 202 g/mol. The molecule has 1 aliphatic rings. The summed E-state index contributed by atoms with van der Waals surface area (Å²) in [6.07, 6.45) is 1.69. The molecule has 78 valence electrons. The van der Waals surface area contributed by atoms with E-state index in [9.17, 15) is 0 Å². The van der Waals surface area contributed by atoms with Crippen LogP contribution in [0.5, 0.6) is 0 Å². The van der Waals surface area contributed by atoms with E-state index in [4.69, 9.17) is 15.7 Å². The van der Waals surface area contributed by atoms with Crippen molar-refractivity contribution in [3.8, 4) is 6.07 Å². The Morgan fingerprint density at radius 1 is 1.20 bits per heavy atom. The molecule has 0 saturated carbocycles. The molecule has 0 bridgehead atoms. The maximum atomic E-state index is 8.70. The van der Waals surface area contributed by atoms with E-state index in [0.29, 0.717) is 5.56 Å². The second-order valence-electron chi connectivity index (χ2n) is 3.96. The lowest BCUT2D eigenvalue weighted by atomic mass is 9.83. The number of hydrogen-bond donors (Lipinski definition) is 1. The van der Waals surface area contributed by atoms with Crippen molar-refractivity contribution in [3.05, 3.63) is 35.4 Å². The number of nitrogens with two attached hydrogens (primary N) is 1. The van der Waals surface area contributed by atoms with Crippen LogP contribution < -0.4 is 5.73 Å². The zero-order valence-corrected chi connectivity index (χ0v) is 8.57. The molecule has 1 aliphatic heterocycles. The van der Waals surface area contributed by atoms with Crippen molar-refractivity contribution in [2.75, 3.05) is 13.2 Å². The standard InChI is InChI=1S/C12H14N2O/c13-9-10-1-3-11(4-2-10)12(14)5-7-15-8-6-12/h1-4H,5-8,14H2. The molecule has 2 N–H and O–H groups in total. The maximum Gasteiger partial charge on any atom is 0.0991 e. The van der Waals surface area contributed by atoms with E-state index in [0.717, 1.165) is 31.6 Å². The Bertz CT molecular complexity index is 372. The summed E-state index contributed by atoms with van der Waals surface area (Å²) in [5.74, 6) is 0. The molecule has 1 aromatic carbocycles. The molecule has 3 nitrogen and oxygen atoms in total. The Hall–Kier alpha value is -1.37. The third-order valence-electron chi connectivity index (χ3n) is 2.97. The van der Waals surface area contributed by atoms with E-state index in [-0.39, 0.29) is 5.54 Å². The summed E-state index contributed by atoms with van der Waals surface area (Å²) in [5, 5.41) is 8.70. The normalized spacial score (nSPS) is 19.5. The maximum absolute atomic E-state index is 8.70. The van der Waals surface area contributed by atoms with E-state index < -0.39 is 0 Å². The average Bonchev–Trinajstić information content (AvgIpc) is 2.30. The van der Waals surface area contributed by atoms with Gasteiger partial charge in [-0.05, 0) is 30.5 Å². The van der Waals surface area contributed by atoms with Crippen molar-refractivity contribution < 1.29 is 4.74 Å². The monoisotopic (exact) mass is 202 g/mol. The van der Waals surface area contributed by atoms with Crippen molar-refractivity contribution in [1.29, 1.82) is 5.26 Å². The molecule has 0 spiro atoms. The van der Waals surface area contributed by atoms with Crippen LogP contribution in [0.25, 0.3) is 0 Å². The van der Waals surface area contributed by atoms with Crippen LogP contribution in [-0.2, 0) is 10.3 Å². The second kappa shape index (κ2) is 4.01. The molecule has 0 unspecified atom stereocenters. The van der Waals surface area contributed by atoms with Gasteiger partial charge in [-0.25, -0.2) is 0 Å². The SMILES string of the molecule is N#Cc1ccc(C2(N)CCOCC2)cc1. The lowest BCUT2D eigenvalue weighted by molar-refractivity contribution is 0.0522. The predicted octanol–water partition coefficient (Wildman–Crippen LogP) is 1.52. The van der Waals surface area contributed by atoms with Gasteiger partial charge in [-0.1, -0.05) is 12.1 Å². The van der Waals surface area contributed by atoms with Gasteiger partial charge < -0.3 is 10.5 Å². The minimum Gasteiger partial charge on any atom is -0.381 e. The highest BCUT2D eigenvalue weighted by Gasteiger charge is 2.29. The third-order valence-corrected chi connectivity index (χ3v) is 2.97. The molecule has 0 amide bonds. The second-order valence-corrected chi connectivity index (χ2v) is 3.96. The first kappa shape index (κ1) is 10.2. The molecule has 1 aromatic rings. The van der Waals surface area contributed by atoms with Gasteiger partial charge in [0.2, 0.25) is 0 Å². The van der Waals surface area contributed by atoms with E-state index >= 15 is 0 Å². The lowest BCUT2D eigenvalue weighted by Gasteiger charge is -2.33. The summed E-state index contributed by atoms with van der Waals surface area (Å²) >= 11 is 0. The van der Waals surface area contributed by atoms with Gasteiger partial charge in [0, 0.05) is 18.8 Å². The zero-order valence-electron chi connectivity index (χ0n) is 8.57. The lowest BCUT2D eigenvalue weighted by Crippen LogP contribution is -2.42. The zero-order chi connectivity index (χ0) is 10.7. The fraction of sp³-hybridized carbons (Fsp3) is 0.417. The molecular weight excluding hydrogens is 188 g/mol. The summed E-state index contributed by atoms with van der Waals surface area (Å²) in [4.78, 5) is 0. The van der Waals surface area contributed by atoms with Crippen molar-refractivity contribution in [2.24, 2.45) is 5.73 Å². The molecule has 0 aliphatic carbocycles. The van der Waals surface area contributed by atoms with Crippen LogP contribution in [0.1, 0.15) is 24.0 Å². The molecule has 1 fully saturated rings. The topological polar surface area (TPSA) is 59.0 Å². The van der Waals surface area contributed by atoms with Crippen LogP contribution in [0, 0.1) is 11.3 Å². The van der Waals surface area contributed by atoms with Gasteiger partial charge in [-0.15, -0.1) is 0 Å². The Morgan fingerprint density at radius 2 is 1.80 bits per heavy atom. The Balaban J connectivity index is 2.24. The van der Waals surface area contributed by atoms with Gasteiger partial charge in [0.15, 0.2) is 0 Å². The number of benzene rings is 1. The molecule has 15 heavy (non-hydrogen) atoms. The molecule has 0 radical (unpaired) electrons. The number of nitrogens with zero attached hydrogens (tertiary/aromatic N) is 1. The van der Waals surface area contributed by atoms with Gasteiger partial charge in [0.1, 0.15) is 0 Å². The predicted molar refractivity (Wildman–Crippen MR) is 57.1 cm³/mol. The smallest absolute Gasteiger partial charge is 0.0991 e. The first-order valence-corrected chi connectivity index (χ1v) is 5.12. The molecule has 1 heterocycles. The van der Waals surface area contributed by atoms with Crippen LogP contribution in [-0.4, -0.2) is 13.2 Å². The van der Waals surface area contributed by atoms with Crippen molar-refractivity contribution in [1.82, 2.24) is 0 Å². The first-order valence-electron chi connectivity index (χ1n) is 5.12. The summed E-state index contributed by atoms with van der Waals surface area (Å²) in [5.41, 5.74) is 7.81. The van der Waals surface area contributed by atoms with E-state index in [1.807, 2.05) is 24.3 Å². The summed E-state index contributed by atoms with van der Waals surface area (Å²) in [6.45, 7) is 1.44.